The predicted molar refractivity (Wildman–Crippen MR) is 105 cm³/mol. The molecule has 6 heteroatoms. The quantitative estimate of drug-likeness (QED) is 0.813. The van der Waals surface area contributed by atoms with Crippen LogP contribution in [0, 0.1) is 5.92 Å². The van der Waals surface area contributed by atoms with Crippen LogP contribution >= 0.6 is 0 Å². The van der Waals surface area contributed by atoms with E-state index in [-0.39, 0.29) is 5.92 Å². The molecule has 6 nitrogen and oxygen atoms in total. The minimum atomic E-state index is 0.214. The number of nitrogens with zero attached hydrogens (tertiary/aromatic N) is 4. The van der Waals surface area contributed by atoms with Gasteiger partial charge in [-0.2, -0.15) is 0 Å². The average molecular weight is 375 g/mol. The number of aromatic nitrogens is 2. The van der Waals surface area contributed by atoms with Crippen molar-refractivity contribution in [3.05, 3.63) is 18.2 Å². The zero-order valence-electron chi connectivity index (χ0n) is 16.7. The Kier molecular flexibility index (Phi) is 6.13. The third kappa shape index (κ3) is 4.21. The lowest BCUT2D eigenvalue weighted by molar-refractivity contribution is -0.138. The number of hydrogen-bond acceptors (Lipinski definition) is 4. The van der Waals surface area contributed by atoms with Crippen LogP contribution in [0.25, 0.3) is 0 Å². The van der Waals surface area contributed by atoms with E-state index in [1.54, 1.807) is 0 Å². The van der Waals surface area contributed by atoms with E-state index in [4.69, 9.17) is 4.74 Å². The van der Waals surface area contributed by atoms with Crippen molar-refractivity contribution in [3.63, 3.8) is 0 Å². The van der Waals surface area contributed by atoms with E-state index in [0.29, 0.717) is 17.9 Å². The summed E-state index contributed by atoms with van der Waals surface area (Å²) in [6, 6.07) is 0.669. The van der Waals surface area contributed by atoms with E-state index in [9.17, 15) is 4.79 Å². The highest BCUT2D eigenvalue weighted by molar-refractivity contribution is 5.79. The molecule has 3 fully saturated rings. The van der Waals surface area contributed by atoms with Gasteiger partial charge in [0.15, 0.2) is 0 Å². The number of carbonyl (C=O) groups excluding carboxylic acids is 1. The van der Waals surface area contributed by atoms with Gasteiger partial charge in [0, 0.05) is 63.1 Å². The number of piperidine rings is 2. The van der Waals surface area contributed by atoms with Gasteiger partial charge in [0.25, 0.3) is 0 Å². The summed E-state index contributed by atoms with van der Waals surface area (Å²) in [4.78, 5) is 22.5. The highest BCUT2D eigenvalue weighted by atomic mass is 16.5. The summed E-state index contributed by atoms with van der Waals surface area (Å²) >= 11 is 0. The molecule has 0 N–H and O–H groups in total. The molecule has 0 radical (unpaired) electrons. The molecule has 1 aromatic rings. The van der Waals surface area contributed by atoms with Crippen molar-refractivity contribution in [3.8, 4) is 0 Å². The van der Waals surface area contributed by atoms with Gasteiger partial charge in [-0.25, -0.2) is 4.98 Å². The molecule has 0 spiro atoms. The smallest absolute Gasteiger partial charge is 0.225 e. The molecule has 3 aliphatic heterocycles. The zero-order valence-corrected chi connectivity index (χ0v) is 16.7. The van der Waals surface area contributed by atoms with Crippen molar-refractivity contribution in [1.82, 2.24) is 19.4 Å². The molecule has 1 amide bonds. The van der Waals surface area contributed by atoms with Gasteiger partial charge in [-0.05, 0) is 58.5 Å². The fourth-order valence-corrected chi connectivity index (χ4v) is 5.16. The van der Waals surface area contributed by atoms with Crippen LogP contribution < -0.4 is 0 Å². The molecule has 3 saturated heterocycles. The molecule has 4 heterocycles. The normalized spacial score (nSPS) is 26.4. The van der Waals surface area contributed by atoms with E-state index >= 15 is 0 Å². The molecular weight excluding hydrogens is 340 g/mol. The maximum atomic E-state index is 13.2. The Hall–Kier alpha value is -1.40. The van der Waals surface area contributed by atoms with E-state index in [1.165, 1.54) is 0 Å². The second-order valence-corrected chi connectivity index (χ2v) is 8.35. The van der Waals surface area contributed by atoms with Crippen LogP contribution in [0.15, 0.2) is 12.4 Å². The highest BCUT2D eigenvalue weighted by Crippen LogP contribution is 2.29. The Morgan fingerprint density at radius 3 is 2.67 bits per heavy atom. The Morgan fingerprint density at radius 1 is 1.15 bits per heavy atom. The number of amides is 1. The monoisotopic (exact) mass is 374 g/mol. The number of hydrogen-bond donors (Lipinski definition) is 0. The lowest BCUT2D eigenvalue weighted by Gasteiger charge is -2.41. The number of aryl methyl sites for hydroxylation is 1. The lowest BCUT2D eigenvalue weighted by Crippen LogP contribution is -2.48. The van der Waals surface area contributed by atoms with Crippen molar-refractivity contribution in [2.24, 2.45) is 5.92 Å². The third-order valence-corrected chi connectivity index (χ3v) is 6.77. The van der Waals surface area contributed by atoms with Gasteiger partial charge in [-0.3, -0.25) is 4.79 Å². The number of ether oxygens (including phenoxy) is 1. The minimum absolute atomic E-state index is 0.214. The maximum Gasteiger partial charge on any atom is 0.225 e. The topological polar surface area (TPSA) is 50.6 Å². The van der Waals surface area contributed by atoms with Crippen LogP contribution in [-0.4, -0.2) is 70.7 Å². The summed E-state index contributed by atoms with van der Waals surface area (Å²) in [6.45, 7) is 8.79. The van der Waals surface area contributed by atoms with Gasteiger partial charge >= 0.3 is 0 Å². The summed E-state index contributed by atoms with van der Waals surface area (Å²) in [5.74, 6) is 2.15. The molecule has 1 atom stereocenters. The predicted octanol–water partition coefficient (Wildman–Crippen LogP) is 2.50. The maximum absolute atomic E-state index is 13.2. The number of rotatable bonds is 4. The molecule has 0 unspecified atom stereocenters. The van der Waals surface area contributed by atoms with E-state index in [2.05, 4.69) is 32.5 Å². The molecule has 0 aromatic carbocycles. The molecule has 3 aliphatic rings. The Balaban J connectivity index is 1.31. The fourth-order valence-electron chi connectivity index (χ4n) is 5.16. The number of carbonyl (C=O) groups is 1. The van der Waals surface area contributed by atoms with Gasteiger partial charge in [0.2, 0.25) is 5.91 Å². The van der Waals surface area contributed by atoms with Gasteiger partial charge in [0.05, 0.1) is 0 Å². The standard InChI is InChI=1S/C21H34N4O2/c1-2-23-13-9-22-20(23)18-4-3-10-25(16-18)21(26)17-5-11-24(12-6-17)19-7-14-27-15-8-19/h9,13,17-19H,2-8,10-12,14-16H2,1H3/t18-/m0/s1. The van der Waals surface area contributed by atoms with Gasteiger partial charge in [-0.1, -0.05) is 0 Å². The van der Waals surface area contributed by atoms with Crippen molar-refractivity contribution in [1.29, 1.82) is 0 Å². The number of imidazole rings is 1. The summed E-state index contributed by atoms with van der Waals surface area (Å²) < 4.78 is 7.72. The molecule has 4 rings (SSSR count). The molecule has 150 valence electrons. The summed E-state index contributed by atoms with van der Waals surface area (Å²) in [5, 5.41) is 0. The summed E-state index contributed by atoms with van der Waals surface area (Å²) in [7, 11) is 0. The zero-order chi connectivity index (χ0) is 18.6. The van der Waals surface area contributed by atoms with Gasteiger partial charge in [0.1, 0.15) is 5.82 Å². The first-order valence-corrected chi connectivity index (χ1v) is 10.9. The molecule has 27 heavy (non-hydrogen) atoms. The van der Waals surface area contributed by atoms with Crippen LogP contribution in [0.4, 0.5) is 0 Å². The molecule has 1 aromatic heterocycles. The minimum Gasteiger partial charge on any atom is -0.381 e. The van der Waals surface area contributed by atoms with Crippen molar-refractivity contribution in [2.45, 2.75) is 64.0 Å². The van der Waals surface area contributed by atoms with E-state index < -0.39 is 0 Å². The largest absolute Gasteiger partial charge is 0.381 e. The third-order valence-electron chi connectivity index (χ3n) is 6.77. The van der Waals surface area contributed by atoms with Gasteiger partial charge in [-0.15, -0.1) is 0 Å². The van der Waals surface area contributed by atoms with Crippen molar-refractivity contribution in [2.75, 3.05) is 39.4 Å². The Labute approximate surface area is 162 Å². The second-order valence-electron chi connectivity index (χ2n) is 8.35. The molecule has 0 saturated carbocycles. The van der Waals surface area contributed by atoms with Crippen LogP contribution in [0.5, 0.6) is 0 Å². The van der Waals surface area contributed by atoms with E-state index in [0.717, 1.165) is 90.3 Å². The van der Waals surface area contributed by atoms with Crippen LogP contribution in [0.2, 0.25) is 0 Å². The van der Waals surface area contributed by atoms with Crippen molar-refractivity contribution < 1.29 is 9.53 Å². The number of likely N-dealkylation sites (tertiary alicyclic amines) is 2. The highest BCUT2D eigenvalue weighted by Gasteiger charge is 2.34. The molecular formula is C21H34N4O2. The van der Waals surface area contributed by atoms with Crippen LogP contribution in [0.1, 0.15) is 57.2 Å². The molecule has 0 bridgehead atoms. The second kappa shape index (κ2) is 8.74. The first-order valence-electron chi connectivity index (χ1n) is 10.9. The average Bonchev–Trinajstić information content (AvgIpc) is 3.23. The Morgan fingerprint density at radius 2 is 1.93 bits per heavy atom. The van der Waals surface area contributed by atoms with E-state index in [1.807, 2.05) is 6.20 Å². The first-order chi connectivity index (χ1) is 13.3. The first kappa shape index (κ1) is 18.9. The van der Waals surface area contributed by atoms with Gasteiger partial charge < -0.3 is 19.1 Å². The summed E-state index contributed by atoms with van der Waals surface area (Å²) in [6.07, 6.45) is 10.5. The van der Waals surface area contributed by atoms with Crippen LogP contribution in [-0.2, 0) is 16.1 Å². The van der Waals surface area contributed by atoms with Crippen molar-refractivity contribution >= 4 is 5.91 Å². The molecule has 0 aliphatic carbocycles. The fraction of sp³-hybridized carbons (Fsp3) is 0.810. The Bertz CT molecular complexity index is 617. The SMILES string of the molecule is CCn1ccnc1[C@H]1CCCN(C(=O)C2CCN(C3CCOCC3)CC2)C1. The lowest BCUT2D eigenvalue weighted by atomic mass is 9.90. The van der Waals surface area contributed by atoms with Crippen LogP contribution in [0.3, 0.4) is 0 Å². The summed E-state index contributed by atoms with van der Waals surface area (Å²) in [5.41, 5.74) is 0.